The fourth-order valence-electron chi connectivity index (χ4n) is 3.18. The zero-order chi connectivity index (χ0) is 13.1. The average molecular weight is 250 g/mol. The zero-order valence-electron chi connectivity index (χ0n) is 11.9. The van der Waals surface area contributed by atoms with Gasteiger partial charge in [0.25, 0.3) is 0 Å². The smallest absolute Gasteiger partial charge is 0.0670 e. The lowest BCUT2D eigenvalue weighted by Crippen LogP contribution is -2.37. The number of hydrogen-bond acceptors (Lipinski definition) is 3. The molecule has 1 fully saturated rings. The molecule has 0 spiro atoms. The van der Waals surface area contributed by atoms with Crippen molar-refractivity contribution < 1.29 is 0 Å². The SMILES string of the molecule is CCc1nn(C)cc1C(CN)N(C)C1CCCC1. The van der Waals surface area contributed by atoms with Crippen LogP contribution in [-0.2, 0) is 13.5 Å². The highest BCUT2D eigenvalue weighted by Gasteiger charge is 2.28. The fourth-order valence-corrected chi connectivity index (χ4v) is 3.18. The van der Waals surface area contributed by atoms with Crippen LogP contribution in [0.4, 0.5) is 0 Å². The van der Waals surface area contributed by atoms with E-state index in [1.54, 1.807) is 0 Å². The largest absolute Gasteiger partial charge is 0.329 e. The highest BCUT2D eigenvalue weighted by Crippen LogP contribution is 2.30. The Morgan fingerprint density at radius 1 is 1.50 bits per heavy atom. The Hall–Kier alpha value is -0.870. The Bertz CT molecular complexity index is 379. The Morgan fingerprint density at radius 3 is 2.72 bits per heavy atom. The van der Waals surface area contributed by atoms with E-state index in [1.165, 1.54) is 36.9 Å². The molecule has 1 heterocycles. The van der Waals surface area contributed by atoms with Crippen LogP contribution >= 0.6 is 0 Å². The van der Waals surface area contributed by atoms with Gasteiger partial charge in [0.1, 0.15) is 0 Å². The summed E-state index contributed by atoms with van der Waals surface area (Å²) in [6, 6.07) is 1.01. The summed E-state index contributed by atoms with van der Waals surface area (Å²) in [7, 11) is 4.21. The first kappa shape index (κ1) is 13.6. The van der Waals surface area contributed by atoms with Crippen molar-refractivity contribution in [3.05, 3.63) is 17.5 Å². The van der Waals surface area contributed by atoms with Crippen LogP contribution in [0.2, 0.25) is 0 Å². The molecular formula is C14H26N4. The van der Waals surface area contributed by atoms with Gasteiger partial charge in [0.15, 0.2) is 0 Å². The van der Waals surface area contributed by atoms with Gasteiger partial charge in [-0.1, -0.05) is 19.8 Å². The molecule has 1 aliphatic rings. The molecular weight excluding hydrogens is 224 g/mol. The van der Waals surface area contributed by atoms with Crippen LogP contribution in [0.15, 0.2) is 6.20 Å². The van der Waals surface area contributed by atoms with Gasteiger partial charge >= 0.3 is 0 Å². The molecule has 0 aliphatic heterocycles. The van der Waals surface area contributed by atoms with Crippen molar-refractivity contribution >= 4 is 0 Å². The van der Waals surface area contributed by atoms with E-state index in [1.807, 2.05) is 11.7 Å². The number of nitrogens with two attached hydrogens (primary N) is 1. The summed E-state index contributed by atoms with van der Waals surface area (Å²) < 4.78 is 1.92. The van der Waals surface area contributed by atoms with Crippen molar-refractivity contribution in [2.75, 3.05) is 13.6 Å². The lowest BCUT2D eigenvalue weighted by Gasteiger charge is -2.32. The number of likely N-dealkylation sites (N-methyl/N-ethyl adjacent to an activating group) is 1. The van der Waals surface area contributed by atoms with Crippen LogP contribution < -0.4 is 5.73 Å². The molecule has 0 aromatic carbocycles. The molecule has 1 saturated carbocycles. The number of hydrogen-bond donors (Lipinski definition) is 1. The first-order valence-electron chi connectivity index (χ1n) is 7.11. The zero-order valence-corrected chi connectivity index (χ0v) is 11.9. The molecule has 0 radical (unpaired) electrons. The van der Waals surface area contributed by atoms with Gasteiger partial charge < -0.3 is 5.73 Å². The summed E-state index contributed by atoms with van der Waals surface area (Å²) in [4.78, 5) is 2.48. The van der Waals surface area contributed by atoms with Crippen molar-refractivity contribution in [1.29, 1.82) is 0 Å². The van der Waals surface area contributed by atoms with Crippen molar-refractivity contribution in [3.8, 4) is 0 Å². The third-order valence-corrected chi connectivity index (χ3v) is 4.25. The molecule has 0 bridgehead atoms. The Kier molecular flexibility index (Phi) is 4.40. The molecule has 1 aromatic heterocycles. The van der Waals surface area contributed by atoms with Crippen LogP contribution in [0.5, 0.6) is 0 Å². The molecule has 0 amide bonds. The van der Waals surface area contributed by atoms with E-state index in [0.29, 0.717) is 18.6 Å². The number of rotatable bonds is 5. The van der Waals surface area contributed by atoms with Crippen molar-refractivity contribution in [2.45, 2.75) is 51.1 Å². The molecule has 2 rings (SSSR count). The van der Waals surface area contributed by atoms with Crippen molar-refractivity contribution in [3.63, 3.8) is 0 Å². The second kappa shape index (κ2) is 5.85. The van der Waals surface area contributed by atoms with Gasteiger partial charge in [-0.05, 0) is 26.3 Å². The predicted octanol–water partition coefficient (Wildman–Crippen LogP) is 1.86. The highest BCUT2D eigenvalue weighted by atomic mass is 15.3. The Balaban J connectivity index is 2.20. The first-order valence-corrected chi connectivity index (χ1v) is 7.11. The van der Waals surface area contributed by atoms with E-state index in [9.17, 15) is 0 Å². The minimum absolute atomic E-state index is 0.316. The van der Waals surface area contributed by atoms with E-state index in [4.69, 9.17) is 5.73 Å². The van der Waals surface area contributed by atoms with Crippen LogP contribution in [0, 0.1) is 0 Å². The van der Waals surface area contributed by atoms with Gasteiger partial charge in [-0.15, -0.1) is 0 Å². The maximum Gasteiger partial charge on any atom is 0.0670 e. The molecule has 4 nitrogen and oxygen atoms in total. The van der Waals surface area contributed by atoms with E-state index >= 15 is 0 Å². The Morgan fingerprint density at radius 2 is 2.17 bits per heavy atom. The monoisotopic (exact) mass is 250 g/mol. The van der Waals surface area contributed by atoms with Crippen LogP contribution in [0.1, 0.15) is 49.9 Å². The second-order valence-electron chi connectivity index (χ2n) is 5.41. The maximum atomic E-state index is 6.03. The lowest BCUT2D eigenvalue weighted by atomic mass is 10.0. The van der Waals surface area contributed by atoms with Gasteiger partial charge in [0.2, 0.25) is 0 Å². The van der Waals surface area contributed by atoms with Gasteiger partial charge in [0, 0.05) is 31.4 Å². The highest BCUT2D eigenvalue weighted by molar-refractivity contribution is 5.22. The third kappa shape index (κ3) is 2.59. The molecule has 0 saturated heterocycles. The molecule has 1 aliphatic carbocycles. The summed E-state index contributed by atoms with van der Waals surface area (Å²) in [5.74, 6) is 0. The molecule has 102 valence electrons. The van der Waals surface area contributed by atoms with Crippen LogP contribution in [0.25, 0.3) is 0 Å². The summed E-state index contributed by atoms with van der Waals surface area (Å²) in [6.07, 6.45) is 8.47. The lowest BCUT2D eigenvalue weighted by molar-refractivity contribution is 0.179. The average Bonchev–Trinajstić information content (AvgIpc) is 2.99. The minimum Gasteiger partial charge on any atom is -0.329 e. The summed E-state index contributed by atoms with van der Waals surface area (Å²) in [5, 5.41) is 4.54. The van der Waals surface area contributed by atoms with E-state index < -0.39 is 0 Å². The molecule has 18 heavy (non-hydrogen) atoms. The third-order valence-electron chi connectivity index (χ3n) is 4.25. The topological polar surface area (TPSA) is 47.1 Å². The number of nitrogens with zero attached hydrogens (tertiary/aromatic N) is 3. The summed E-state index contributed by atoms with van der Waals surface area (Å²) >= 11 is 0. The normalized spacial score (nSPS) is 18.7. The molecule has 1 aromatic rings. The van der Waals surface area contributed by atoms with Gasteiger partial charge in [-0.25, -0.2) is 0 Å². The summed E-state index contributed by atoms with van der Waals surface area (Å²) in [6.45, 7) is 2.83. The van der Waals surface area contributed by atoms with E-state index in [0.717, 1.165) is 6.42 Å². The minimum atomic E-state index is 0.316. The Labute approximate surface area is 110 Å². The van der Waals surface area contributed by atoms with Crippen molar-refractivity contribution in [1.82, 2.24) is 14.7 Å². The molecule has 1 atom stereocenters. The van der Waals surface area contributed by atoms with Crippen LogP contribution in [0.3, 0.4) is 0 Å². The molecule has 1 unspecified atom stereocenters. The molecule has 2 N–H and O–H groups in total. The number of aromatic nitrogens is 2. The van der Waals surface area contributed by atoms with Gasteiger partial charge in [-0.2, -0.15) is 5.10 Å². The predicted molar refractivity (Wildman–Crippen MR) is 74.4 cm³/mol. The van der Waals surface area contributed by atoms with Crippen molar-refractivity contribution in [2.24, 2.45) is 12.8 Å². The van der Waals surface area contributed by atoms with Gasteiger partial charge in [-0.3, -0.25) is 9.58 Å². The quantitative estimate of drug-likeness (QED) is 0.867. The first-order chi connectivity index (χ1) is 8.67. The number of aryl methyl sites for hydroxylation is 2. The van der Waals surface area contributed by atoms with Gasteiger partial charge in [0.05, 0.1) is 11.7 Å². The standard InChI is InChI=1S/C14H26N4/c1-4-13-12(10-17(2)16-13)14(9-15)18(3)11-7-5-6-8-11/h10-11,14H,4-9,15H2,1-3H3. The molecule has 4 heteroatoms. The van der Waals surface area contributed by atoms with E-state index in [-0.39, 0.29) is 0 Å². The maximum absolute atomic E-state index is 6.03. The fraction of sp³-hybridized carbons (Fsp3) is 0.786. The summed E-state index contributed by atoms with van der Waals surface area (Å²) in [5.41, 5.74) is 8.54. The van der Waals surface area contributed by atoms with Crippen LogP contribution in [-0.4, -0.2) is 34.3 Å². The van der Waals surface area contributed by atoms with E-state index in [2.05, 4.69) is 30.2 Å². The second-order valence-corrected chi connectivity index (χ2v) is 5.41.